The normalized spacial score (nSPS) is 11.1. The number of carbonyl (C=O) groups excluding carboxylic acids is 1. The van der Waals surface area contributed by atoms with Crippen molar-refractivity contribution in [1.29, 1.82) is 0 Å². The van der Waals surface area contributed by atoms with Gasteiger partial charge in [0.1, 0.15) is 5.75 Å². The summed E-state index contributed by atoms with van der Waals surface area (Å²) in [5.41, 5.74) is 15.2. The number of aryl methyl sites for hydroxylation is 2. The Morgan fingerprint density at radius 3 is 2.45 bits per heavy atom. The molecule has 2 aromatic carbocycles. The zero-order valence-corrected chi connectivity index (χ0v) is 19.0. The van der Waals surface area contributed by atoms with Gasteiger partial charge < -0.3 is 21.3 Å². The van der Waals surface area contributed by atoms with Crippen LogP contribution in [0.5, 0.6) is 5.75 Å². The molecule has 0 spiro atoms. The van der Waals surface area contributed by atoms with Crippen LogP contribution in [0.4, 0.5) is 11.6 Å². The number of ether oxygens (including phenoxy) is 1. The average Bonchev–Trinajstić information content (AvgIpc) is 3.11. The predicted molar refractivity (Wildman–Crippen MR) is 126 cm³/mol. The van der Waals surface area contributed by atoms with E-state index in [2.05, 4.69) is 25.2 Å². The van der Waals surface area contributed by atoms with Crippen LogP contribution in [0.1, 0.15) is 30.2 Å². The Morgan fingerprint density at radius 1 is 1.09 bits per heavy atom. The molecule has 0 amide bonds. The maximum atomic E-state index is 12.6. The van der Waals surface area contributed by atoms with Crippen molar-refractivity contribution in [3.63, 3.8) is 0 Å². The van der Waals surface area contributed by atoms with Crippen LogP contribution in [0.3, 0.4) is 0 Å². The lowest BCUT2D eigenvalue weighted by Crippen LogP contribution is -2.37. The monoisotopic (exact) mass is 467 g/mol. The highest BCUT2D eigenvalue weighted by Gasteiger charge is 2.26. The second-order valence-electron chi connectivity index (χ2n) is 7.36. The summed E-state index contributed by atoms with van der Waals surface area (Å²) >= 11 is 5.89. The summed E-state index contributed by atoms with van der Waals surface area (Å²) in [5.74, 6) is 0.115. The molecule has 4 rings (SSSR count). The highest BCUT2D eigenvalue weighted by molar-refractivity contribution is 6.31. The Hall–Kier alpha value is -3.85. The molecule has 0 aliphatic heterocycles. The Morgan fingerprint density at radius 2 is 1.79 bits per heavy atom. The summed E-state index contributed by atoms with van der Waals surface area (Å²) in [7, 11) is 0. The summed E-state index contributed by atoms with van der Waals surface area (Å²) in [5, 5.41) is 9.48. The number of nitrogens with two attached hydrogens (primary N) is 2. The minimum Gasteiger partial charge on any atom is -0.508 e. The van der Waals surface area contributed by atoms with Gasteiger partial charge in [-0.15, -0.1) is 0 Å². The molecule has 0 bridgehead atoms. The molecule has 9 nitrogen and oxygen atoms in total. The molecule has 0 aliphatic carbocycles. The van der Waals surface area contributed by atoms with Gasteiger partial charge in [-0.05, 0) is 55.3 Å². The molecule has 0 atom stereocenters. The summed E-state index contributed by atoms with van der Waals surface area (Å²) in [6.07, 6.45) is 0. The van der Waals surface area contributed by atoms with Crippen molar-refractivity contribution >= 4 is 40.2 Å². The number of imidazole rings is 1. The molecular weight excluding hydrogens is 444 g/mol. The van der Waals surface area contributed by atoms with Gasteiger partial charge in [0.05, 0.1) is 13.1 Å². The van der Waals surface area contributed by atoms with E-state index in [1.165, 1.54) is 0 Å². The maximum absolute atomic E-state index is 12.6. The number of hydrogen-bond acceptors (Lipinski definition) is 7. The minimum absolute atomic E-state index is 0.00680. The van der Waals surface area contributed by atoms with Gasteiger partial charge in [-0.2, -0.15) is 0 Å². The molecular formula is C23H24ClN6O3+. The fraction of sp³-hybridized carbons (Fsp3) is 0.217. The highest BCUT2D eigenvalue weighted by Crippen LogP contribution is 2.26. The van der Waals surface area contributed by atoms with E-state index < -0.39 is 5.97 Å². The predicted octanol–water partition coefficient (Wildman–Crippen LogP) is 3.31. The van der Waals surface area contributed by atoms with E-state index in [-0.39, 0.29) is 34.8 Å². The van der Waals surface area contributed by atoms with Gasteiger partial charge in [-0.3, -0.25) is 0 Å². The molecule has 10 heteroatoms. The lowest BCUT2D eigenvalue weighted by atomic mass is 10.0. The van der Waals surface area contributed by atoms with Crippen molar-refractivity contribution in [1.82, 2.24) is 14.5 Å². The number of benzene rings is 2. The van der Waals surface area contributed by atoms with Gasteiger partial charge in [-0.1, -0.05) is 23.7 Å². The third-order valence-electron chi connectivity index (χ3n) is 5.44. The molecule has 170 valence electrons. The van der Waals surface area contributed by atoms with E-state index in [1.54, 1.807) is 12.1 Å². The Kier molecular flexibility index (Phi) is 6.06. The van der Waals surface area contributed by atoms with Crippen molar-refractivity contribution in [3.05, 3.63) is 59.1 Å². The van der Waals surface area contributed by atoms with Crippen molar-refractivity contribution in [3.8, 4) is 16.9 Å². The highest BCUT2D eigenvalue weighted by atomic mass is 35.5. The lowest BCUT2D eigenvalue weighted by molar-refractivity contribution is -0.678. The topological polar surface area (TPSA) is 133 Å². The number of halogens is 1. The number of fused-ring (bicyclic) bond motifs is 1. The van der Waals surface area contributed by atoms with Crippen LogP contribution in [0.25, 0.3) is 22.2 Å². The average molecular weight is 468 g/mol. The molecule has 2 heterocycles. The van der Waals surface area contributed by atoms with Crippen LogP contribution in [0.15, 0.2) is 42.5 Å². The smallest absolute Gasteiger partial charge is 0.361 e. The van der Waals surface area contributed by atoms with Crippen LogP contribution in [-0.2, 0) is 24.4 Å². The number of anilines is 2. The number of esters is 1. The van der Waals surface area contributed by atoms with Gasteiger partial charge in [0, 0.05) is 0 Å². The van der Waals surface area contributed by atoms with E-state index in [9.17, 15) is 9.90 Å². The second-order valence-corrected chi connectivity index (χ2v) is 7.72. The summed E-state index contributed by atoms with van der Waals surface area (Å²) in [4.78, 5) is 20.4. The third kappa shape index (κ3) is 4.14. The third-order valence-corrected chi connectivity index (χ3v) is 5.72. The van der Waals surface area contributed by atoms with Crippen LogP contribution < -0.4 is 16.0 Å². The molecule has 5 N–H and O–H groups in total. The number of phenols is 1. The molecule has 0 fully saturated rings. The van der Waals surface area contributed by atoms with Gasteiger partial charge in [0.15, 0.2) is 40.1 Å². The number of carbonyl (C=O) groups is 1. The zero-order chi connectivity index (χ0) is 23.7. The number of nitrogen functional groups attached to an aromatic ring is 2. The van der Waals surface area contributed by atoms with Crippen molar-refractivity contribution in [2.75, 3.05) is 11.5 Å². The van der Waals surface area contributed by atoms with Gasteiger partial charge in [-0.25, -0.2) is 23.9 Å². The second kappa shape index (κ2) is 8.95. The molecule has 4 aromatic rings. The molecule has 0 radical (unpaired) electrons. The molecule has 0 saturated heterocycles. The van der Waals surface area contributed by atoms with E-state index in [0.717, 1.165) is 28.0 Å². The van der Waals surface area contributed by atoms with E-state index in [0.29, 0.717) is 13.1 Å². The van der Waals surface area contributed by atoms with Crippen molar-refractivity contribution in [2.45, 2.75) is 33.5 Å². The lowest BCUT2D eigenvalue weighted by Gasteiger charge is -2.07. The SMILES string of the molecule is CCn1c(COC(=O)c2nc(Cl)c(N)nc2N)[n+](CC)c2ccc(-c3ccc(O)cc3)cc21. The van der Waals surface area contributed by atoms with Gasteiger partial charge in [0.25, 0.3) is 5.82 Å². The fourth-order valence-corrected chi connectivity index (χ4v) is 4.00. The maximum Gasteiger partial charge on any atom is 0.361 e. The first-order valence-electron chi connectivity index (χ1n) is 10.4. The quantitative estimate of drug-likeness (QED) is 0.292. The molecule has 0 unspecified atom stereocenters. The van der Waals surface area contributed by atoms with Crippen LogP contribution >= 0.6 is 11.6 Å². The van der Waals surface area contributed by atoms with E-state index in [4.69, 9.17) is 27.8 Å². The largest absolute Gasteiger partial charge is 0.508 e. The summed E-state index contributed by atoms with van der Waals surface area (Å²) in [6, 6.07) is 13.2. The first kappa shape index (κ1) is 22.3. The first-order valence-corrected chi connectivity index (χ1v) is 10.8. The molecule has 0 saturated carbocycles. The van der Waals surface area contributed by atoms with E-state index in [1.807, 2.05) is 38.1 Å². The standard InChI is InChI=1S/C23H23ClN6O3/c1-3-29-16-10-7-14(13-5-8-15(31)9-6-13)11-17(16)30(4-2)18(29)12-33-23(32)19-21(25)28-22(26)20(24)27-19/h5-11H,3-4,12H2,1-2H3,(H4-,25,26,28,31,32)/p+1. The first-order chi connectivity index (χ1) is 15.8. The van der Waals surface area contributed by atoms with Gasteiger partial charge >= 0.3 is 5.97 Å². The number of hydrogen-bond donors (Lipinski definition) is 3. The van der Waals surface area contributed by atoms with Crippen LogP contribution in [0.2, 0.25) is 5.15 Å². The molecule has 0 aliphatic rings. The van der Waals surface area contributed by atoms with Crippen molar-refractivity contribution < 1.29 is 19.2 Å². The molecule has 2 aromatic heterocycles. The number of rotatable bonds is 6. The number of aromatic hydroxyl groups is 1. The minimum atomic E-state index is -0.734. The summed E-state index contributed by atoms with van der Waals surface area (Å²) in [6.45, 7) is 5.42. The van der Waals surface area contributed by atoms with Crippen LogP contribution in [-0.4, -0.2) is 25.6 Å². The van der Waals surface area contributed by atoms with Gasteiger partial charge in [0.2, 0.25) is 0 Å². The number of nitrogens with zero attached hydrogens (tertiary/aromatic N) is 4. The Bertz CT molecular complexity index is 1350. The Balaban J connectivity index is 1.70. The molecule has 33 heavy (non-hydrogen) atoms. The zero-order valence-electron chi connectivity index (χ0n) is 18.2. The van der Waals surface area contributed by atoms with Crippen LogP contribution in [0, 0.1) is 0 Å². The number of phenolic OH excluding ortho intramolecular Hbond substituents is 1. The summed E-state index contributed by atoms with van der Waals surface area (Å²) < 4.78 is 9.74. The Labute approximate surface area is 195 Å². The van der Waals surface area contributed by atoms with Crippen molar-refractivity contribution in [2.24, 2.45) is 0 Å². The van der Waals surface area contributed by atoms with E-state index >= 15 is 0 Å². The fourth-order valence-electron chi connectivity index (χ4n) is 3.88. The number of aromatic nitrogens is 4.